The summed E-state index contributed by atoms with van der Waals surface area (Å²) in [5.41, 5.74) is 5.97. The maximum absolute atomic E-state index is 13.3. The molecule has 0 amide bonds. The van der Waals surface area contributed by atoms with Gasteiger partial charge in [-0.15, -0.1) is 0 Å². The van der Waals surface area contributed by atoms with Crippen molar-refractivity contribution in [3.8, 4) is 0 Å². The largest absolute Gasteiger partial charge is 0.392 e. The van der Waals surface area contributed by atoms with Crippen LogP contribution in [0.5, 0.6) is 0 Å². The molecule has 106 valence electrons. The van der Waals surface area contributed by atoms with E-state index in [1.54, 1.807) is 0 Å². The normalized spacial score (nSPS) is 21.3. The zero-order chi connectivity index (χ0) is 14.0. The summed E-state index contributed by atoms with van der Waals surface area (Å²) in [6.07, 6.45) is 3.37. The Kier molecular flexibility index (Phi) is 4.21. The first-order valence-corrected chi connectivity index (χ1v) is 6.80. The van der Waals surface area contributed by atoms with Crippen molar-refractivity contribution in [1.29, 1.82) is 0 Å². The van der Waals surface area contributed by atoms with Crippen LogP contribution in [0.25, 0.3) is 0 Å². The summed E-state index contributed by atoms with van der Waals surface area (Å²) in [5.74, 6) is -1.68. The molecule has 0 saturated heterocycles. The van der Waals surface area contributed by atoms with E-state index in [1.165, 1.54) is 12.1 Å². The van der Waals surface area contributed by atoms with Gasteiger partial charge in [-0.2, -0.15) is 0 Å². The minimum atomic E-state index is -0.666. The van der Waals surface area contributed by atoms with Gasteiger partial charge in [0.2, 0.25) is 0 Å². The summed E-state index contributed by atoms with van der Waals surface area (Å²) in [5, 5.41) is 10.6. The fraction of sp³-hybridized carbons (Fsp3) is 0.600. The van der Waals surface area contributed by atoms with E-state index in [0.717, 1.165) is 31.7 Å². The molecular formula is C15H21F2NO. The maximum Gasteiger partial charge on any atom is 0.126 e. The van der Waals surface area contributed by atoms with Crippen LogP contribution in [0, 0.1) is 17.0 Å². The van der Waals surface area contributed by atoms with Gasteiger partial charge in [-0.25, -0.2) is 8.78 Å². The second-order valence-electron chi connectivity index (χ2n) is 5.85. The van der Waals surface area contributed by atoms with Crippen LogP contribution in [0.2, 0.25) is 0 Å². The molecule has 1 fully saturated rings. The van der Waals surface area contributed by atoms with Crippen LogP contribution >= 0.6 is 0 Å². The Morgan fingerprint density at radius 2 is 1.74 bits per heavy atom. The Morgan fingerprint density at radius 3 is 2.21 bits per heavy atom. The van der Waals surface area contributed by atoms with E-state index < -0.39 is 23.7 Å². The summed E-state index contributed by atoms with van der Waals surface area (Å²) in [6.45, 7) is 2.21. The molecule has 2 rings (SSSR count). The Morgan fingerprint density at radius 1 is 1.21 bits per heavy atom. The second-order valence-corrected chi connectivity index (χ2v) is 5.85. The van der Waals surface area contributed by atoms with Gasteiger partial charge in [0.05, 0.1) is 6.10 Å². The quantitative estimate of drug-likeness (QED) is 0.882. The molecule has 0 aliphatic heterocycles. The highest BCUT2D eigenvalue weighted by molar-refractivity contribution is 5.24. The molecular weight excluding hydrogens is 248 g/mol. The highest BCUT2D eigenvalue weighted by Crippen LogP contribution is 2.44. The molecule has 0 spiro atoms. The molecule has 1 aliphatic rings. The Hall–Kier alpha value is -1.00. The molecule has 1 aliphatic carbocycles. The van der Waals surface area contributed by atoms with Crippen molar-refractivity contribution in [2.24, 2.45) is 11.1 Å². The lowest BCUT2D eigenvalue weighted by molar-refractivity contribution is 0.0211. The number of hydrogen-bond acceptors (Lipinski definition) is 2. The van der Waals surface area contributed by atoms with Crippen molar-refractivity contribution < 1.29 is 13.9 Å². The fourth-order valence-electron chi connectivity index (χ4n) is 3.20. The minimum absolute atomic E-state index is 0.180. The van der Waals surface area contributed by atoms with E-state index in [-0.39, 0.29) is 12.0 Å². The Bertz CT molecular complexity index is 424. The van der Waals surface area contributed by atoms with Gasteiger partial charge in [-0.3, -0.25) is 0 Å². The van der Waals surface area contributed by atoms with E-state index in [9.17, 15) is 13.9 Å². The summed E-state index contributed by atoms with van der Waals surface area (Å²) in [7, 11) is 0. The van der Waals surface area contributed by atoms with Gasteiger partial charge in [-0.05, 0) is 36.0 Å². The fourth-order valence-corrected chi connectivity index (χ4v) is 3.20. The summed E-state index contributed by atoms with van der Waals surface area (Å²) >= 11 is 0. The van der Waals surface area contributed by atoms with E-state index in [0.29, 0.717) is 5.56 Å². The predicted octanol–water partition coefficient (Wildman–Crippen LogP) is 2.95. The molecule has 19 heavy (non-hydrogen) atoms. The standard InChI is InChI=1S/C15H21F2NO/c1-15(4-2-3-5-15)14(19)13(9-18)10-6-11(16)8-12(17)7-10/h6-8,13-14,19H,2-5,9,18H2,1H3. The SMILES string of the molecule is CC1(C(O)C(CN)c2cc(F)cc(F)c2)CCCC1. The van der Waals surface area contributed by atoms with Crippen molar-refractivity contribution in [2.75, 3.05) is 6.54 Å². The van der Waals surface area contributed by atoms with Gasteiger partial charge < -0.3 is 10.8 Å². The van der Waals surface area contributed by atoms with Gasteiger partial charge in [0.1, 0.15) is 11.6 Å². The molecule has 2 atom stereocenters. The zero-order valence-electron chi connectivity index (χ0n) is 11.2. The molecule has 1 aromatic rings. The third-order valence-electron chi connectivity index (χ3n) is 4.41. The summed E-state index contributed by atoms with van der Waals surface area (Å²) in [6, 6.07) is 3.37. The van der Waals surface area contributed by atoms with Crippen molar-refractivity contribution in [3.05, 3.63) is 35.4 Å². The van der Waals surface area contributed by atoms with Gasteiger partial charge in [0.15, 0.2) is 0 Å². The van der Waals surface area contributed by atoms with Crippen LogP contribution in [0.4, 0.5) is 8.78 Å². The Labute approximate surface area is 112 Å². The van der Waals surface area contributed by atoms with Crippen molar-refractivity contribution in [3.63, 3.8) is 0 Å². The van der Waals surface area contributed by atoms with Crippen LogP contribution in [-0.4, -0.2) is 17.8 Å². The molecule has 0 radical (unpaired) electrons. The van der Waals surface area contributed by atoms with Crippen LogP contribution in [0.3, 0.4) is 0 Å². The van der Waals surface area contributed by atoms with Crippen molar-refractivity contribution >= 4 is 0 Å². The first kappa shape index (κ1) is 14.4. The number of nitrogens with two attached hydrogens (primary N) is 1. The zero-order valence-corrected chi connectivity index (χ0v) is 11.2. The number of hydrogen-bond donors (Lipinski definition) is 2. The molecule has 1 saturated carbocycles. The molecule has 0 aromatic heterocycles. The average Bonchev–Trinajstić information content (AvgIpc) is 2.77. The highest BCUT2D eigenvalue weighted by atomic mass is 19.1. The average molecular weight is 269 g/mol. The number of benzene rings is 1. The van der Waals surface area contributed by atoms with Crippen LogP contribution in [0.1, 0.15) is 44.1 Å². The van der Waals surface area contributed by atoms with Crippen LogP contribution < -0.4 is 5.73 Å². The molecule has 2 nitrogen and oxygen atoms in total. The van der Waals surface area contributed by atoms with Crippen molar-refractivity contribution in [1.82, 2.24) is 0 Å². The second kappa shape index (κ2) is 5.55. The van der Waals surface area contributed by atoms with E-state index in [4.69, 9.17) is 5.73 Å². The molecule has 0 heterocycles. The third kappa shape index (κ3) is 2.95. The number of rotatable bonds is 4. The van der Waals surface area contributed by atoms with Gasteiger partial charge in [0, 0.05) is 18.5 Å². The molecule has 1 aromatic carbocycles. The van der Waals surface area contributed by atoms with E-state index in [1.807, 2.05) is 6.92 Å². The molecule has 0 bridgehead atoms. The number of halogens is 2. The van der Waals surface area contributed by atoms with E-state index >= 15 is 0 Å². The predicted molar refractivity (Wildman–Crippen MR) is 70.7 cm³/mol. The van der Waals surface area contributed by atoms with Gasteiger partial charge in [0.25, 0.3) is 0 Å². The highest BCUT2D eigenvalue weighted by Gasteiger charge is 2.40. The molecule has 4 heteroatoms. The maximum atomic E-state index is 13.3. The Balaban J connectivity index is 2.28. The van der Waals surface area contributed by atoms with Gasteiger partial charge in [-0.1, -0.05) is 19.8 Å². The van der Waals surface area contributed by atoms with Crippen molar-refractivity contribution in [2.45, 2.75) is 44.6 Å². The molecule has 3 N–H and O–H groups in total. The lowest BCUT2D eigenvalue weighted by Crippen LogP contribution is -2.38. The van der Waals surface area contributed by atoms with Crippen LogP contribution in [-0.2, 0) is 0 Å². The summed E-state index contributed by atoms with van der Waals surface area (Å²) in [4.78, 5) is 0. The third-order valence-corrected chi connectivity index (χ3v) is 4.41. The lowest BCUT2D eigenvalue weighted by atomic mass is 9.74. The summed E-state index contributed by atoms with van der Waals surface area (Å²) < 4.78 is 26.6. The van der Waals surface area contributed by atoms with Crippen LogP contribution in [0.15, 0.2) is 18.2 Å². The number of aliphatic hydroxyl groups excluding tert-OH is 1. The molecule has 2 unspecified atom stereocenters. The first-order chi connectivity index (χ1) is 8.96. The smallest absolute Gasteiger partial charge is 0.126 e. The monoisotopic (exact) mass is 269 g/mol. The van der Waals surface area contributed by atoms with Gasteiger partial charge >= 0.3 is 0 Å². The number of aliphatic hydroxyl groups is 1. The topological polar surface area (TPSA) is 46.2 Å². The minimum Gasteiger partial charge on any atom is -0.392 e. The van der Waals surface area contributed by atoms with E-state index in [2.05, 4.69) is 0 Å². The first-order valence-electron chi connectivity index (χ1n) is 6.80. The lowest BCUT2D eigenvalue weighted by Gasteiger charge is -2.35.